The molecule has 0 fully saturated rings. The van der Waals surface area contributed by atoms with Crippen LogP contribution in [0.1, 0.15) is 45.7 Å². The first-order valence-corrected chi connectivity index (χ1v) is 11.1. The summed E-state index contributed by atoms with van der Waals surface area (Å²) in [6.07, 6.45) is 1.17. The highest BCUT2D eigenvalue weighted by molar-refractivity contribution is 6.33. The van der Waals surface area contributed by atoms with E-state index >= 15 is 0 Å². The molecule has 0 aliphatic heterocycles. The van der Waals surface area contributed by atoms with Crippen LogP contribution in [-0.4, -0.2) is 26.4 Å². The van der Waals surface area contributed by atoms with E-state index in [-0.39, 0.29) is 17.9 Å². The van der Waals surface area contributed by atoms with Gasteiger partial charge < -0.3 is 5.32 Å². The lowest BCUT2D eigenvalue weighted by Crippen LogP contribution is -2.41. The van der Waals surface area contributed by atoms with Crippen LogP contribution in [0.3, 0.4) is 0 Å². The molecule has 7 heteroatoms. The highest BCUT2D eigenvalue weighted by Crippen LogP contribution is 2.27. The molecule has 0 unspecified atom stereocenters. The standard InChI is InChI=1S/C25H29ClN4O2/c1-15(2)12-16-6-9-18(10-7-16)22-27-23(29-24(32)28-22)19-13-17(8-11-20(19)26)14-21(31)30-25(3,4)5/h6-11,13,15H,12,14H2,1-5H3,(H,30,31)(H,27,28,29,32). The van der Waals surface area contributed by atoms with Crippen molar-refractivity contribution in [2.45, 2.75) is 53.0 Å². The minimum absolute atomic E-state index is 0.0934. The Morgan fingerprint density at radius 1 is 1.06 bits per heavy atom. The van der Waals surface area contributed by atoms with E-state index in [0.717, 1.165) is 17.5 Å². The highest BCUT2D eigenvalue weighted by Gasteiger charge is 2.16. The number of hydrogen-bond donors (Lipinski definition) is 2. The lowest BCUT2D eigenvalue weighted by atomic mass is 10.0. The Balaban J connectivity index is 1.92. The topological polar surface area (TPSA) is 87.7 Å². The van der Waals surface area contributed by atoms with Crippen LogP contribution < -0.4 is 11.0 Å². The van der Waals surface area contributed by atoms with Crippen molar-refractivity contribution < 1.29 is 4.79 Å². The van der Waals surface area contributed by atoms with Gasteiger partial charge in [0.1, 0.15) is 5.82 Å². The fourth-order valence-corrected chi connectivity index (χ4v) is 3.62. The monoisotopic (exact) mass is 452 g/mol. The molecule has 2 N–H and O–H groups in total. The van der Waals surface area contributed by atoms with Gasteiger partial charge in [0.2, 0.25) is 5.91 Å². The van der Waals surface area contributed by atoms with Crippen LogP contribution >= 0.6 is 11.6 Å². The quantitative estimate of drug-likeness (QED) is 0.561. The SMILES string of the molecule is CC(C)Cc1ccc(-c2nc(-c3cc(CC(=O)NC(C)(C)C)ccc3Cl)[nH]c(=O)n2)cc1. The molecule has 32 heavy (non-hydrogen) atoms. The third kappa shape index (κ3) is 6.50. The van der Waals surface area contributed by atoms with Gasteiger partial charge in [-0.2, -0.15) is 4.98 Å². The van der Waals surface area contributed by atoms with E-state index in [4.69, 9.17) is 11.6 Å². The molecule has 0 bridgehead atoms. The number of amides is 1. The van der Waals surface area contributed by atoms with Crippen molar-refractivity contribution in [3.05, 3.63) is 69.1 Å². The Morgan fingerprint density at radius 3 is 2.34 bits per heavy atom. The molecular weight excluding hydrogens is 424 g/mol. The summed E-state index contributed by atoms with van der Waals surface area (Å²) in [4.78, 5) is 35.9. The molecular formula is C25H29ClN4O2. The van der Waals surface area contributed by atoms with Crippen LogP contribution in [0.2, 0.25) is 5.02 Å². The minimum atomic E-state index is -0.511. The second kappa shape index (κ2) is 9.65. The zero-order valence-corrected chi connectivity index (χ0v) is 19.9. The summed E-state index contributed by atoms with van der Waals surface area (Å²) in [6, 6.07) is 13.2. The largest absolute Gasteiger partial charge is 0.351 e. The smallest absolute Gasteiger partial charge is 0.348 e. The van der Waals surface area contributed by atoms with Crippen molar-refractivity contribution in [1.29, 1.82) is 0 Å². The van der Waals surface area contributed by atoms with Crippen molar-refractivity contribution in [3.8, 4) is 22.8 Å². The van der Waals surface area contributed by atoms with Crippen molar-refractivity contribution in [2.24, 2.45) is 5.92 Å². The lowest BCUT2D eigenvalue weighted by molar-refractivity contribution is -0.121. The molecule has 0 saturated heterocycles. The maximum absolute atomic E-state index is 12.3. The van der Waals surface area contributed by atoms with Gasteiger partial charge in [-0.15, -0.1) is 0 Å². The van der Waals surface area contributed by atoms with E-state index in [2.05, 4.69) is 34.1 Å². The molecule has 0 spiro atoms. The number of halogens is 1. The van der Waals surface area contributed by atoms with Gasteiger partial charge in [0.05, 0.1) is 11.4 Å². The van der Waals surface area contributed by atoms with Crippen LogP contribution in [0, 0.1) is 5.92 Å². The molecule has 0 aliphatic rings. The molecule has 0 aliphatic carbocycles. The summed E-state index contributed by atoms with van der Waals surface area (Å²) in [6.45, 7) is 10.1. The van der Waals surface area contributed by atoms with E-state index < -0.39 is 5.69 Å². The zero-order valence-electron chi connectivity index (χ0n) is 19.1. The molecule has 6 nitrogen and oxygen atoms in total. The molecule has 3 aromatic rings. The predicted molar refractivity (Wildman–Crippen MR) is 129 cm³/mol. The van der Waals surface area contributed by atoms with Crippen LogP contribution in [-0.2, 0) is 17.6 Å². The van der Waals surface area contributed by atoms with Gasteiger partial charge in [0, 0.05) is 16.7 Å². The van der Waals surface area contributed by atoms with Gasteiger partial charge in [-0.3, -0.25) is 9.78 Å². The Hall–Kier alpha value is -2.99. The third-order valence-corrected chi connectivity index (χ3v) is 5.00. The fraction of sp³-hybridized carbons (Fsp3) is 0.360. The Bertz CT molecular complexity index is 1160. The second-order valence-electron chi connectivity index (χ2n) is 9.41. The average Bonchev–Trinajstić information content (AvgIpc) is 2.67. The maximum atomic E-state index is 12.3. The summed E-state index contributed by atoms with van der Waals surface area (Å²) >= 11 is 6.41. The van der Waals surface area contributed by atoms with Gasteiger partial charge in [0.15, 0.2) is 5.82 Å². The number of aromatic nitrogens is 3. The first kappa shape index (κ1) is 23.7. The Labute approximate surface area is 193 Å². The summed E-state index contributed by atoms with van der Waals surface area (Å²) in [5.74, 6) is 1.11. The first-order valence-electron chi connectivity index (χ1n) is 10.7. The lowest BCUT2D eigenvalue weighted by Gasteiger charge is -2.20. The number of nitrogens with zero attached hydrogens (tertiary/aromatic N) is 2. The van der Waals surface area contributed by atoms with Crippen LogP contribution in [0.15, 0.2) is 47.3 Å². The van der Waals surface area contributed by atoms with Crippen molar-refractivity contribution in [2.75, 3.05) is 0 Å². The van der Waals surface area contributed by atoms with E-state index in [0.29, 0.717) is 28.2 Å². The molecule has 1 amide bonds. The van der Waals surface area contributed by atoms with Crippen molar-refractivity contribution in [3.63, 3.8) is 0 Å². The van der Waals surface area contributed by atoms with Gasteiger partial charge in [-0.1, -0.05) is 55.8 Å². The number of rotatable bonds is 6. The summed E-state index contributed by atoms with van der Waals surface area (Å²) < 4.78 is 0. The van der Waals surface area contributed by atoms with Crippen LogP contribution in [0.4, 0.5) is 0 Å². The minimum Gasteiger partial charge on any atom is -0.351 e. The molecule has 2 aromatic carbocycles. The number of benzene rings is 2. The third-order valence-electron chi connectivity index (χ3n) is 4.67. The fourth-order valence-electron chi connectivity index (χ4n) is 3.41. The maximum Gasteiger partial charge on any atom is 0.348 e. The normalized spacial score (nSPS) is 11.6. The zero-order chi connectivity index (χ0) is 23.5. The van der Waals surface area contributed by atoms with Crippen LogP contribution in [0.5, 0.6) is 0 Å². The van der Waals surface area contributed by atoms with E-state index in [1.54, 1.807) is 18.2 Å². The highest BCUT2D eigenvalue weighted by atomic mass is 35.5. The number of hydrogen-bond acceptors (Lipinski definition) is 4. The average molecular weight is 453 g/mol. The van der Waals surface area contributed by atoms with Crippen molar-refractivity contribution in [1.82, 2.24) is 20.3 Å². The summed E-state index contributed by atoms with van der Waals surface area (Å²) in [5, 5.41) is 3.37. The number of carbonyl (C=O) groups excluding carboxylic acids is 1. The molecule has 0 saturated carbocycles. The molecule has 1 aromatic heterocycles. The van der Waals surface area contributed by atoms with E-state index in [1.165, 1.54) is 5.56 Å². The Morgan fingerprint density at radius 2 is 1.72 bits per heavy atom. The summed E-state index contributed by atoms with van der Waals surface area (Å²) in [7, 11) is 0. The number of H-pyrrole nitrogens is 1. The van der Waals surface area contributed by atoms with E-state index in [9.17, 15) is 9.59 Å². The first-order chi connectivity index (χ1) is 15.0. The second-order valence-corrected chi connectivity index (χ2v) is 9.82. The van der Waals surface area contributed by atoms with Gasteiger partial charge in [-0.05, 0) is 56.4 Å². The van der Waals surface area contributed by atoms with E-state index in [1.807, 2.05) is 45.0 Å². The number of carbonyl (C=O) groups is 1. The van der Waals surface area contributed by atoms with Gasteiger partial charge in [0.25, 0.3) is 0 Å². The molecule has 0 atom stereocenters. The number of nitrogens with one attached hydrogen (secondary N) is 2. The number of aromatic amines is 1. The van der Waals surface area contributed by atoms with Gasteiger partial charge in [-0.25, -0.2) is 9.78 Å². The molecule has 1 heterocycles. The Kier molecular flexibility index (Phi) is 7.14. The predicted octanol–water partition coefficient (Wildman–Crippen LogP) is 4.81. The van der Waals surface area contributed by atoms with Crippen LogP contribution in [0.25, 0.3) is 22.8 Å². The van der Waals surface area contributed by atoms with Crippen molar-refractivity contribution >= 4 is 17.5 Å². The van der Waals surface area contributed by atoms with Gasteiger partial charge >= 0.3 is 5.69 Å². The molecule has 3 rings (SSSR count). The molecule has 168 valence electrons. The summed E-state index contributed by atoms with van der Waals surface area (Å²) in [5.41, 5.74) is 2.46. The molecule has 0 radical (unpaired) electrons.